The van der Waals surface area contributed by atoms with Gasteiger partial charge in [0, 0.05) is 30.8 Å². The highest BCUT2D eigenvalue weighted by Crippen LogP contribution is 2.33. The highest BCUT2D eigenvalue weighted by molar-refractivity contribution is 7.59. The zero-order chi connectivity index (χ0) is 33.6. The highest BCUT2D eigenvalue weighted by Gasteiger charge is 2.33. The summed E-state index contributed by atoms with van der Waals surface area (Å²) in [6.45, 7) is 8.23. The SMILES string of the molecule is Cc1ccc(Nc2c(-c3ccc(F)cc3)nc3n2CCN(C(=O)[C@H](CCC(=O)OCc2ccccc2)NC(=O)OC(C)(C)C)C3)cc1.S. The second kappa shape index (κ2) is 15.8. The van der Waals surface area contributed by atoms with Gasteiger partial charge in [-0.2, -0.15) is 13.5 Å². The number of fused-ring (bicyclic) bond motifs is 1. The van der Waals surface area contributed by atoms with Crippen LogP contribution in [0, 0.1) is 12.7 Å². The Hall–Kier alpha value is -4.84. The van der Waals surface area contributed by atoms with Crippen LogP contribution in [0.2, 0.25) is 0 Å². The highest BCUT2D eigenvalue weighted by atomic mass is 32.1. The van der Waals surface area contributed by atoms with Crippen molar-refractivity contribution in [3.05, 3.63) is 102 Å². The molecule has 48 heavy (non-hydrogen) atoms. The molecule has 2 heterocycles. The minimum atomic E-state index is -1.03. The smallest absolute Gasteiger partial charge is 0.408 e. The lowest BCUT2D eigenvalue weighted by atomic mass is 10.1. The number of nitrogens with zero attached hydrogens (tertiary/aromatic N) is 3. The van der Waals surface area contributed by atoms with Crippen LogP contribution in [-0.2, 0) is 38.8 Å². The summed E-state index contributed by atoms with van der Waals surface area (Å²) < 4.78 is 26.6. The van der Waals surface area contributed by atoms with Crippen LogP contribution in [0.25, 0.3) is 11.3 Å². The molecule has 0 spiro atoms. The van der Waals surface area contributed by atoms with Crippen molar-refractivity contribution in [3.8, 4) is 11.3 Å². The first kappa shape index (κ1) is 36.0. The van der Waals surface area contributed by atoms with Gasteiger partial charge in [-0.1, -0.05) is 48.0 Å². The van der Waals surface area contributed by atoms with E-state index in [-0.39, 0.29) is 51.2 Å². The van der Waals surface area contributed by atoms with Crippen molar-refractivity contribution >= 4 is 43.0 Å². The molecule has 1 atom stereocenters. The van der Waals surface area contributed by atoms with Gasteiger partial charge in [0.2, 0.25) is 5.91 Å². The van der Waals surface area contributed by atoms with E-state index in [4.69, 9.17) is 14.5 Å². The minimum Gasteiger partial charge on any atom is -0.461 e. The molecule has 2 amide bonds. The monoisotopic (exact) mass is 675 g/mol. The van der Waals surface area contributed by atoms with Gasteiger partial charge in [-0.05, 0) is 76.1 Å². The lowest BCUT2D eigenvalue weighted by molar-refractivity contribution is -0.145. The third-order valence-corrected chi connectivity index (χ3v) is 7.58. The van der Waals surface area contributed by atoms with Gasteiger partial charge in [0.25, 0.3) is 0 Å². The number of carbonyl (C=O) groups is 3. The van der Waals surface area contributed by atoms with Crippen molar-refractivity contribution in [1.29, 1.82) is 0 Å². The summed E-state index contributed by atoms with van der Waals surface area (Å²) in [5.74, 6) is 0.152. The average Bonchev–Trinajstić information content (AvgIpc) is 3.40. The Balaban J connectivity index is 0.00000520. The van der Waals surface area contributed by atoms with E-state index in [9.17, 15) is 18.8 Å². The predicted molar refractivity (Wildman–Crippen MR) is 187 cm³/mol. The molecule has 1 aromatic heterocycles. The third-order valence-electron chi connectivity index (χ3n) is 7.58. The number of amides is 2. The van der Waals surface area contributed by atoms with Gasteiger partial charge in [0.15, 0.2) is 0 Å². The lowest BCUT2D eigenvalue weighted by Crippen LogP contribution is -2.51. The van der Waals surface area contributed by atoms with Gasteiger partial charge in [-0.15, -0.1) is 0 Å². The Morgan fingerprint density at radius 1 is 0.958 bits per heavy atom. The van der Waals surface area contributed by atoms with Gasteiger partial charge in [-0.25, -0.2) is 14.2 Å². The summed E-state index contributed by atoms with van der Waals surface area (Å²) in [5.41, 5.74) is 3.40. The summed E-state index contributed by atoms with van der Waals surface area (Å²) >= 11 is 0. The van der Waals surface area contributed by atoms with Gasteiger partial charge >= 0.3 is 12.1 Å². The largest absolute Gasteiger partial charge is 0.461 e. The number of aryl methyl sites for hydroxylation is 1. The number of hydrogen-bond acceptors (Lipinski definition) is 7. The summed E-state index contributed by atoms with van der Waals surface area (Å²) in [7, 11) is 0. The fourth-order valence-electron chi connectivity index (χ4n) is 5.23. The molecule has 0 radical (unpaired) electrons. The van der Waals surface area contributed by atoms with Crippen molar-refractivity contribution in [2.24, 2.45) is 0 Å². The van der Waals surface area contributed by atoms with Crippen molar-refractivity contribution in [2.45, 2.75) is 71.9 Å². The summed E-state index contributed by atoms with van der Waals surface area (Å²) in [6.07, 6.45) is -0.811. The number of alkyl carbamates (subject to hydrolysis) is 1. The zero-order valence-corrected chi connectivity index (χ0v) is 28.6. The molecule has 254 valence electrons. The molecule has 0 bridgehead atoms. The van der Waals surface area contributed by atoms with E-state index in [1.165, 1.54) is 12.1 Å². The minimum absolute atomic E-state index is 0. The van der Waals surface area contributed by atoms with E-state index in [2.05, 4.69) is 10.6 Å². The maximum atomic E-state index is 13.9. The van der Waals surface area contributed by atoms with Crippen LogP contribution in [0.5, 0.6) is 0 Å². The number of aromatic nitrogens is 2. The molecule has 10 nitrogen and oxygen atoms in total. The number of ether oxygens (including phenoxy) is 2. The van der Waals surface area contributed by atoms with Crippen molar-refractivity contribution < 1.29 is 28.2 Å². The van der Waals surface area contributed by atoms with Crippen molar-refractivity contribution in [1.82, 2.24) is 19.8 Å². The van der Waals surface area contributed by atoms with E-state index < -0.39 is 23.7 Å². The quantitative estimate of drug-likeness (QED) is 0.182. The molecule has 0 aliphatic carbocycles. The molecule has 0 unspecified atom stereocenters. The first-order chi connectivity index (χ1) is 22.4. The number of hydrogen-bond donors (Lipinski definition) is 2. The Morgan fingerprint density at radius 2 is 1.65 bits per heavy atom. The predicted octanol–water partition coefficient (Wildman–Crippen LogP) is 6.61. The van der Waals surface area contributed by atoms with E-state index in [0.29, 0.717) is 24.6 Å². The Bertz CT molecular complexity index is 1710. The van der Waals surface area contributed by atoms with Crippen LogP contribution >= 0.6 is 13.5 Å². The van der Waals surface area contributed by atoms with Crippen LogP contribution in [0.1, 0.15) is 50.6 Å². The van der Waals surface area contributed by atoms with Crippen LogP contribution in [0.4, 0.5) is 20.7 Å². The van der Waals surface area contributed by atoms with Crippen LogP contribution in [0.15, 0.2) is 78.9 Å². The summed E-state index contributed by atoms with van der Waals surface area (Å²) in [5, 5.41) is 6.14. The summed E-state index contributed by atoms with van der Waals surface area (Å²) in [4.78, 5) is 45.8. The standard InChI is InChI=1S/C36H40FN5O5.H2S/c1-24-10-16-28(17-11-24)38-33-32(26-12-14-27(37)15-13-26)40-30-22-41(20-21-42(30)33)34(44)29(39-35(45)47-36(2,3)4)18-19-31(43)46-23-25-8-6-5-7-9-25;/h5-17,29,38H,18-23H2,1-4H3,(H,39,45);1H2/t29-;/m0./s1. The topological polar surface area (TPSA) is 115 Å². The molecule has 1 aliphatic rings. The fraction of sp³-hybridized carbons (Fsp3) is 0.333. The number of anilines is 2. The third kappa shape index (κ3) is 9.60. The Morgan fingerprint density at radius 3 is 2.31 bits per heavy atom. The van der Waals surface area contributed by atoms with E-state index in [1.807, 2.05) is 66.1 Å². The molecular formula is C36H42FN5O5S. The second-order valence-corrected chi connectivity index (χ2v) is 12.5. The van der Waals surface area contributed by atoms with E-state index in [1.54, 1.807) is 37.8 Å². The van der Waals surface area contributed by atoms with Crippen LogP contribution in [0.3, 0.4) is 0 Å². The average molecular weight is 676 g/mol. The first-order valence-electron chi connectivity index (χ1n) is 15.6. The fourth-order valence-corrected chi connectivity index (χ4v) is 5.23. The molecular weight excluding hydrogens is 633 g/mol. The summed E-state index contributed by atoms with van der Waals surface area (Å²) in [6, 6.07) is 22.3. The zero-order valence-electron chi connectivity index (χ0n) is 27.6. The normalized spacial score (nSPS) is 13.1. The van der Waals surface area contributed by atoms with Crippen LogP contribution < -0.4 is 10.6 Å². The van der Waals surface area contributed by atoms with Crippen molar-refractivity contribution in [2.75, 3.05) is 11.9 Å². The lowest BCUT2D eigenvalue weighted by Gasteiger charge is -2.32. The molecule has 0 saturated carbocycles. The van der Waals surface area contributed by atoms with E-state index >= 15 is 0 Å². The van der Waals surface area contributed by atoms with Gasteiger partial charge in [-0.3, -0.25) is 9.59 Å². The molecule has 3 aromatic carbocycles. The number of benzene rings is 3. The van der Waals surface area contributed by atoms with E-state index in [0.717, 1.165) is 28.2 Å². The van der Waals surface area contributed by atoms with Gasteiger partial charge in [0.1, 0.15) is 41.4 Å². The Labute approximate surface area is 287 Å². The molecule has 5 rings (SSSR count). The maximum absolute atomic E-state index is 13.9. The number of carbonyl (C=O) groups excluding carboxylic acids is 3. The second-order valence-electron chi connectivity index (χ2n) is 12.5. The first-order valence-corrected chi connectivity index (χ1v) is 15.6. The number of esters is 1. The number of rotatable bonds is 10. The molecule has 1 aliphatic heterocycles. The molecule has 12 heteroatoms. The molecule has 4 aromatic rings. The van der Waals surface area contributed by atoms with Crippen LogP contribution in [-0.4, -0.2) is 50.6 Å². The number of halogens is 1. The molecule has 0 saturated heterocycles. The molecule has 0 fully saturated rings. The Kier molecular flexibility index (Phi) is 11.9. The van der Waals surface area contributed by atoms with Gasteiger partial charge in [0.05, 0.1) is 6.54 Å². The molecule has 2 N–H and O–H groups in total. The maximum Gasteiger partial charge on any atom is 0.408 e. The van der Waals surface area contributed by atoms with Gasteiger partial charge < -0.3 is 29.6 Å². The number of nitrogens with one attached hydrogen (secondary N) is 2. The van der Waals surface area contributed by atoms with Crippen molar-refractivity contribution in [3.63, 3.8) is 0 Å². The number of imidazole rings is 1.